The van der Waals surface area contributed by atoms with Gasteiger partial charge in [0.1, 0.15) is 11.4 Å². The van der Waals surface area contributed by atoms with Crippen LogP contribution in [0.15, 0.2) is 42.9 Å². The minimum Gasteiger partial charge on any atom is -0.462 e. The van der Waals surface area contributed by atoms with Gasteiger partial charge in [-0.25, -0.2) is 9.78 Å². The fourth-order valence-electron chi connectivity index (χ4n) is 10.0. The molecule has 344 valence electrons. The van der Waals surface area contributed by atoms with Crippen LogP contribution in [0.1, 0.15) is 93.0 Å². The molecule has 1 saturated carbocycles. The highest BCUT2D eigenvalue weighted by atomic mass is 16.5. The van der Waals surface area contributed by atoms with Gasteiger partial charge in [0.15, 0.2) is 0 Å². The van der Waals surface area contributed by atoms with Crippen LogP contribution >= 0.6 is 0 Å². The van der Waals surface area contributed by atoms with Gasteiger partial charge < -0.3 is 30.1 Å². The van der Waals surface area contributed by atoms with Crippen molar-refractivity contribution in [3.8, 4) is 0 Å². The predicted molar refractivity (Wildman–Crippen MR) is 241 cm³/mol. The summed E-state index contributed by atoms with van der Waals surface area (Å²) in [6.07, 6.45) is 12.3. The van der Waals surface area contributed by atoms with Crippen LogP contribution < -0.4 is 20.9 Å². The number of aryl methyl sites for hydroxylation is 1. The summed E-state index contributed by atoms with van der Waals surface area (Å²) in [5.41, 5.74) is 3.17. The minimum absolute atomic E-state index is 0.0693. The molecule has 2 aromatic heterocycles. The normalized spacial score (nSPS) is 22.8. The van der Waals surface area contributed by atoms with E-state index in [9.17, 15) is 24.0 Å². The van der Waals surface area contributed by atoms with Crippen LogP contribution in [0.5, 0.6) is 0 Å². The molecule has 1 aromatic carbocycles. The lowest BCUT2D eigenvalue weighted by Crippen LogP contribution is -2.53. The number of esters is 1. The number of nitrogens with zero attached hydrogens (tertiary/aromatic N) is 9. The molecule has 0 bridgehead atoms. The monoisotopic (exact) mass is 881 g/mol. The molecule has 64 heavy (non-hydrogen) atoms. The molecular weight excluding hydrogens is 817 g/mol. The zero-order valence-corrected chi connectivity index (χ0v) is 37.4. The number of anilines is 4. The van der Waals surface area contributed by atoms with E-state index in [1.54, 1.807) is 17.8 Å². The summed E-state index contributed by atoms with van der Waals surface area (Å²) in [6, 6.07) is 8.81. The number of hydrogen-bond acceptors (Lipinski definition) is 14. The molecule has 1 unspecified atom stereocenters. The average molecular weight is 881 g/mol. The number of nitrogens with one attached hydrogen (secondary N) is 3. The summed E-state index contributed by atoms with van der Waals surface area (Å²) < 4.78 is 6.97. The highest BCUT2D eigenvalue weighted by molar-refractivity contribution is 6.01. The molecule has 4 amide bonds. The second-order valence-electron chi connectivity index (χ2n) is 18.0. The number of piperazine rings is 2. The number of carbonyl (C=O) groups is 5. The maximum absolute atomic E-state index is 13.3. The minimum atomic E-state index is -0.460. The lowest BCUT2D eigenvalue weighted by atomic mass is 9.89. The predicted octanol–water partition coefficient (Wildman–Crippen LogP) is 3.36. The molecule has 6 heterocycles. The Morgan fingerprint density at radius 1 is 0.812 bits per heavy atom. The molecular formula is C46H64N12O6. The third kappa shape index (κ3) is 11.4. The van der Waals surface area contributed by atoms with Gasteiger partial charge >= 0.3 is 5.97 Å². The summed E-state index contributed by atoms with van der Waals surface area (Å²) in [5, 5.41) is 13.3. The SMILES string of the molecule is CCOC(=O)c1cnc(Nc2cnn(C)c2)nc1NC1CCC(N2CCN(C(=O)CCC(=O)N3CCC(CN4CCN(c5ccc(C6CCC(=O)NC6=O)cc5)CC4)CC3)CC2)CC1. The van der Waals surface area contributed by atoms with Crippen molar-refractivity contribution >= 4 is 52.7 Å². The summed E-state index contributed by atoms with van der Waals surface area (Å²) in [4.78, 5) is 83.4. The number of imide groups is 1. The Morgan fingerprint density at radius 3 is 2.14 bits per heavy atom. The molecule has 1 aliphatic carbocycles. The van der Waals surface area contributed by atoms with Crippen molar-refractivity contribution in [3.63, 3.8) is 0 Å². The first-order valence-electron chi connectivity index (χ1n) is 23.4. The Bertz CT molecular complexity index is 2100. The second-order valence-corrected chi connectivity index (χ2v) is 18.0. The lowest BCUT2D eigenvalue weighted by molar-refractivity contribution is -0.139. The van der Waals surface area contributed by atoms with E-state index >= 15 is 0 Å². The molecule has 0 spiro atoms. The standard InChI is InChI=1S/C46H64N12O6/c1-3-64-45(63)39-29-47-46(50-35-28-48-53(2)31-35)52-43(39)49-34-6-10-37(11-7-34)56-24-26-58(27-25-56)42(61)15-14-41(60)57-18-16-32(17-19-57)30-54-20-22-55(23-21-54)36-8-4-33(5-9-36)38-12-13-40(59)51-44(38)62/h4-5,8-9,28-29,31-32,34,37-38H,3,6-7,10-27,30H2,1-2H3,(H,51,59,62)(H2,47,49,50,52). The number of likely N-dealkylation sites (tertiary alicyclic amines) is 1. The number of amides is 4. The number of rotatable bonds is 14. The Kier molecular flexibility index (Phi) is 14.7. The maximum atomic E-state index is 13.3. The van der Waals surface area contributed by atoms with Crippen LogP contribution in [0.4, 0.5) is 23.1 Å². The number of piperidine rings is 2. The summed E-state index contributed by atoms with van der Waals surface area (Å²) in [5.74, 6) is 0.420. The van der Waals surface area contributed by atoms with E-state index < -0.39 is 5.97 Å². The van der Waals surface area contributed by atoms with Gasteiger partial charge in [0.05, 0.1) is 24.4 Å². The van der Waals surface area contributed by atoms with Crippen molar-refractivity contribution in [3.05, 3.63) is 54.0 Å². The molecule has 3 N–H and O–H groups in total. The first-order valence-corrected chi connectivity index (χ1v) is 23.4. The van der Waals surface area contributed by atoms with E-state index in [4.69, 9.17) is 4.74 Å². The van der Waals surface area contributed by atoms with Gasteiger partial charge in [0.2, 0.25) is 29.6 Å². The first-order chi connectivity index (χ1) is 31.1. The zero-order valence-electron chi connectivity index (χ0n) is 37.4. The van der Waals surface area contributed by atoms with Gasteiger partial charge in [0.25, 0.3) is 0 Å². The van der Waals surface area contributed by atoms with Crippen molar-refractivity contribution in [1.29, 1.82) is 0 Å². The van der Waals surface area contributed by atoms with Crippen LogP contribution in [0.2, 0.25) is 0 Å². The quantitative estimate of drug-likeness (QED) is 0.158. The Labute approximate surface area is 375 Å². The van der Waals surface area contributed by atoms with Crippen molar-refractivity contribution in [2.75, 3.05) is 94.1 Å². The highest BCUT2D eigenvalue weighted by Crippen LogP contribution is 2.30. The topological polar surface area (TPSA) is 190 Å². The van der Waals surface area contributed by atoms with E-state index in [0.717, 1.165) is 114 Å². The molecule has 5 fully saturated rings. The van der Waals surface area contributed by atoms with Gasteiger partial charge in [0, 0.05) is 128 Å². The van der Waals surface area contributed by atoms with Gasteiger partial charge in [-0.1, -0.05) is 12.1 Å². The highest BCUT2D eigenvalue weighted by Gasteiger charge is 2.32. The smallest absolute Gasteiger partial charge is 0.343 e. The van der Waals surface area contributed by atoms with E-state index in [1.165, 1.54) is 6.20 Å². The summed E-state index contributed by atoms with van der Waals surface area (Å²) in [6.45, 7) is 11.5. The Balaban J connectivity index is 0.702. The van der Waals surface area contributed by atoms with Gasteiger partial charge in [-0.15, -0.1) is 0 Å². The van der Waals surface area contributed by atoms with E-state index in [2.05, 4.69) is 57.8 Å². The molecule has 18 heteroatoms. The van der Waals surface area contributed by atoms with Gasteiger partial charge in [-0.2, -0.15) is 10.1 Å². The lowest BCUT2D eigenvalue weighted by Gasteiger charge is -2.42. The van der Waals surface area contributed by atoms with Crippen molar-refractivity contribution in [2.45, 2.75) is 89.1 Å². The molecule has 3 aromatic rings. The number of carbonyl (C=O) groups excluding carboxylic acids is 5. The van der Waals surface area contributed by atoms with E-state index in [1.807, 2.05) is 35.2 Å². The van der Waals surface area contributed by atoms with Crippen molar-refractivity contribution in [2.24, 2.45) is 13.0 Å². The van der Waals surface area contributed by atoms with E-state index in [0.29, 0.717) is 55.2 Å². The molecule has 18 nitrogen and oxygen atoms in total. The molecule has 8 rings (SSSR count). The Morgan fingerprint density at radius 2 is 1.50 bits per heavy atom. The molecule has 4 saturated heterocycles. The van der Waals surface area contributed by atoms with E-state index in [-0.39, 0.29) is 55.0 Å². The fourth-order valence-corrected chi connectivity index (χ4v) is 10.0. The van der Waals surface area contributed by atoms with Crippen LogP contribution in [-0.2, 0) is 31.0 Å². The van der Waals surface area contributed by atoms with Crippen LogP contribution in [-0.4, -0.2) is 160 Å². The third-order valence-electron chi connectivity index (χ3n) is 13.8. The molecule has 1 atom stereocenters. The van der Waals surface area contributed by atoms with Crippen LogP contribution in [0.25, 0.3) is 0 Å². The summed E-state index contributed by atoms with van der Waals surface area (Å²) in [7, 11) is 1.83. The molecule has 5 aliphatic rings. The second kappa shape index (κ2) is 20.9. The number of benzene rings is 1. The van der Waals surface area contributed by atoms with Crippen molar-refractivity contribution < 1.29 is 28.7 Å². The largest absolute Gasteiger partial charge is 0.462 e. The average Bonchev–Trinajstić information content (AvgIpc) is 3.73. The maximum Gasteiger partial charge on any atom is 0.343 e. The molecule has 4 aliphatic heterocycles. The fraction of sp³-hybridized carbons (Fsp3) is 0.609. The number of ether oxygens (including phenoxy) is 1. The van der Waals surface area contributed by atoms with Crippen LogP contribution in [0, 0.1) is 5.92 Å². The van der Waals surface area contributed by atoms with Crippen molar-refractivity contribution in [1.82, 2.24) is 44.7 Å². The third-order valence-corrected chi connectivity index (χ3v) is 13.8. The van der Waals surface area contributed by atoms with Gasteiger partial charge in [-0.3, -0.25) is 39.0 Å². The number of hydrogen-bond donors (Lipinski definition) is 3. The van der Waals surface area contributed by atoms with Gasteiger partial charge in [-0.05, 0) is 75.5 Å². The summed E-state index contributed by atoms with van der Waals surface area (Å²) >= 11 is 0. The number of aromatic nitrogens is 4. The first kappa shape index (κ1) is 45.0. The van der Waals surface area contributed by atoms with Crippen LogP contribution in [0.3, 0.4) is 0 Å². The Hall–Kier alpha value is -5.62. The zero-order chi connectivity index (χ0) is 44.6. The molecule has 0 radical (unpaired) electrons.